The fraction of sp³-hybridized carbons (Fsp3) is 0.652. The van der Waals surface area contributed by atoms with Crippen molar-refractivity contribution in [3.63, 3.8) is 0 Å². The lowest BCUT2D eigenvalue weighted by Crippen LogP contribution is -2.40. The van der Waals surface area contributed by atoms with E-state index in [1.807, 2.05) is 24.3 Å². The van der Waals surface area contributed by atoms with E-state index in [1.54, 1.807) is 0 Å². The van der Waals surface area contributed by atoms with Crippen molar-refractivity contribution < 1.29 is 14.3 Å². The summed E-state index contributed by atoms with van der Waals surface area (Å²) in [5.74, 6) is 2.31. The number of benzene rings is 1. The number of carbonyl (C=O) groups is 1. The molecule has 1 aromatic carbocycles. The van der Waals surface area contributed by atoms with E-state index < -0.39 is 0 Å². The third-order valence-corrected chi connectivity index (χ3v) is 5.53. The molecule has 1 aliphatic heterocycles. The summed E-state index contributed by atoms with van der Waals surface area (Å²) in [6, 6.07) is 8.17. The lowest BCUT2D eigenvalue weighted by Gasteiger charge is -2.26. The van der Waals surface area contributed by atoms with Crippen molar-refractivity contribution in [2.24, 2.45) is 10.9 Å². The van der Waals surface area contributed by atoms with E-state index in [0.29, 0.717) is 18.3 Å². The van der Waals surface area contributed by atoms with Crippen LogP contribution in [0, 0.1) is 5.92 Å². The maximum atomic E-state index is 11.8. The van der Waals surface area contributed by atoms with Gasteiger partial charge in [-0.05, 0) is 62.6 Å². The summed E-state index contributed by atoms with van der Waals surface area (Å²) >= 11 is 0. The third kappa shape index (κ3) is 9.64. The smallest absolute Gasteiger partial charge is 0.258 e. The first-order valence-corrected chi connectivity index (χ1v) is 11.2. The molecule has 0 spiro atoms. The van der Waals surface area contributed by atoms with Gasteiger partial charge >= 0.3 is 0 Å². The predicted octanol–water partition coefficient (Wildman–Crippen LogP) is 3.18. The van der Waals surface area contributed by atoms with Crippen molar-refractivity contribution in [1.29, 1.82) is 0 Å². The summed E-state index contributed by atoms with van der Waals surface area (Å²) in [6.07, 6.45) is 5.64. The van der Waals surface area contributed by atoms with E-state index in [4.69, 9.17) is 14.5 Å². The van der Waals surface area contributed by atoms with Gasteiger partial charge in [-0.1, -0.05) is 12.1 Å². The molecule has 2 aliphatic rings. The molecule has 31 heavy (non-hydrogen) atoms. The van der Waals surface area contributed by atoms with Gasteiger partial charge in [0.2, 0.25) is 0 Å². The molecule has 0 radical (unpaired) electrons. The molecule has 1 saturated heterocycles. The Morgan fingerprint density at radius 3 is 2.74 bits per heavy atom. The van der Waals surface area contributed by atoms with Gasteiger partial charge in [0.15, 0.2) is 12.6 Å². The van der Waals surface area contributed by atoms with Gasteiger partial charge < -0.3 is 25.0 Å². The molecule has 174 valence electrons. The topological polar surface area (TPSA) is 75.2 Å². The molecule has 0 atom stereocenters. The van der Waals surface area contributed by atoms with Crippen LogP contribution < -0.4 is 15.4 Å². The van der Waals surface area contributed by atoms with Crippen molar-refractivity contribution in [3.8, 4) is 5.75 Å². The summed E-state index contributed by atoms with van der Waals surface area (Å²) in [4.78, 5) is 18.8. The Hall–Kier alpha value is -1.55. The van der Waals surface area contributed by atoms with Gasteiger partial charge in [-0.25, -0.2) is 4.99 Å². The van der Waals surface area contributed by atoms with Crippen LogP contribution in [-0.4, -0.2) is 62.8 Å². The lowest BCUT2D eigenvalue weighted by atomic mass is 9.96. The number of carbonyl (C=O) groups excluding carboxylic acids is 1. The molecule has 1 heterocycles. The molecule has 7 nitrogen and oxygen atoms in total. The second kappa shape index (κ2) is 13.8. The first kappa shape index (κ1) is 25.7. The van der Waals surface area contributed by atoms with Gasteiger partial charge in [0.25, 0.3) is 5.91 Å². The number of aliphatic imine (C=N–C) groups is 1. The normalized spacial score (nSPS) is 16.9. The molecule has 0 aromatic heterocycles. The quantitative estimate of drug-likeness (QED) is 0.269. The first-order valence-electron chi connectivity index (χ1n) is 11.2. The molecule has 2 fully saturated rings. The van der Waals surface area contributed by atoms with Crippen LogP contribution in [0.4, 0.5) is 0 Å². The van der Waals surface area contributed by atoms with Gasteiger partial charge in [-0.3, -0.25) is 4.79 Å². The fourth-order valence-corrected chi connectivity index (χ4v) is 3.53. The lowest BCUT2D eigenvalue weighted by molar-refractivity contribution is -0.123. The molecule has 1 saturated carbocycles. The number of guanidine groups is 1. The highest BCUT2D eigenvalue weighted by atomic mass is 127. The van der Waals surface area contributed by atoms with Crippen molar-refractivity contribution in [3.05, 3.63) is 29.8 Å². The molecule has 1 amide bonds. The zero-order valence-corrected chi connectivity index (χ0v) is 21.1. The van der Waals surface area contributed by atoms with Gasteiger partial charge in [-0.2, -0.15) is 0 Å². The summed E-state index contributed by atoms with van der Waals surface area (Å²) < 4.78 is 11.1. The molecule has 1 aromatic rings. The molecule has 0 unspecified atom stereocenters. The Bertz CT molecular complexity index is 706. The number of amides is 1. The van der Waals surface area contributed by atoms with E-state index in [0.717, 1.165) is 75.8 Å². The Balaban J connectivity index is 0.00000341. The van der Waals surface area contributed by atoms with Crippen molar-refractivity contribution >= 4 is 35.8 Å². The van der Waals surface area contributed by atoms with E-state index in [9.17, 15) is 4.79 Å². The van der Waals surface area contributed by atoms with Crippen LogP contribution in [0.2, 0.25) is 0 Å². The summed E-state index contributed by atoms with van der Waals surface area (Å²) in [5, 5.41) is 6.32. The van der Waals surface area contributed by atoms with Crippen LogP contribution in [0.25, 0.3) is 0 Å². The molecule has 8 heteroatoms. The highest BCUT2D eigenvalue weighted by molar-refractivity contribution is 14.0. The SMILES string of the molecule is CCNC(=NCc1cccc(OCC(=O)NC2CC2)c1)N(C)CCC1CCOCC1.I. The Kier molecular flexibility index (Phi) is 11.4. The van der Waals surface area contributed by atoms with Crippen LogP contribution in [-0.2, 0) is 16.1 Å². The summed E-state index contributed by atoms with van der Waals surface area (Å²) in [6.45, 7) is 6.31. The van der Waals surface area contributed by atoms with Crippen LogP contribution in [0.15, 0.2) is 29.3 Å². The maximum absolute atomic E-state index is 11.8. The Labute approximate surface area is 203 Å². The van der Waals surface area contributed by atoms with Crippen LogP contribution in [0.3, 0.4) is 0 Å². The minimum absolute atomic E-state index is 0. The molecule has 1 aliphatic carbocycles. The molecular weight excluding hydrogens is 507 g/mol. The van der Waals surface area contributed by atoms with E-state index in [-0.39, 0.29) is 36.5 Å². The zero-order valence-electron chi connectivity index (χ0n) is 18.8. The Morgan fingerprint density at radius 2 is 2.03 bits per heavy atom. The number of halogens is 1. The second-order valence-electron chi connectivity index (χ2n) is 8.21. The minimum atomic E-state index is -0.0542. The fourth-order valence-electron chi connectivity index (χ4n) is 3.53. The van der Waals surface area contributed by atoms with Crippen LogP contribution in [0.1, 0.15) is 44.6 Å². The van der Waals surface area contributed by atoms with Crippen molar-refractivity contribution in [2.45, 2.75) is 51.6 Å². The van der Waals surface area contributed by atoms with Crippen LogP contribution >= 0.6 is 24.0 Å². The Morgan fingerprint density at radius 1 is 1.26 bits per heavy atom. The maximum Gasteiger partial charge on any atom is 0.258 e. The van der Waals surface area contributed by atoms with E-state index in [1.165, 1.54) is 0 Å². The molecule has 3 rings (SSSR count). The summed E-state index contributed by atoms with van der Waals surface area (Å²) in [7, 11) is 2.10. The van der Waals surface area contributed by atoms with Crippen molar-refractivity contribution in [1.82, 2.24) is 15.5 Å². The van der Waals surface area contributed by atoms with Gasteiger partial charge in [-0.15, -0.1) is 24.0 Å². The average molecular weight is 544 g/mol. The van der Waals surface area contributed by atoms with Crippen LogP contribution in [0.5, 0.6) is 5.75 Å². The van der Waals surface area contributed by atoms with E-state index >= 15 is 0 Å². The molecule has 2 N–H and O–H groups in total. The standard InChI is InChI=1S/C23H36N4O3.HI/c1-3-24-23(27(2)12-9-18-10-13-29-14-11-18)25-16-19-5-4-6-21(15-19)30-17-22(28)26-20-7-8-20;/h4-6,15,18,20H,3,7-14,16-17H2,1-2H3,(H,24,25)(H,26,28);1H. The predicted molar refractivity (Wildman–Crippen MR) is 134 cm³/mol. The monoisotopic (exact) mass is 544 g/mol. The van der Waals surface area contributed by atoms with Gasteiger partial charge in [0.1, 0.15) is 5.75 Å². The number of nitrogens with zero attached hydrogens (tertiary/aromatic N) is 2. The number of hydrogen-bond acceptors (Lipinski definition) is 4. The summed E-state index contributed by atoms with van der Waals surface area (Å²) in [5.41, 5.74) is 1.06. The van der Waals surface area contributed by atoms with Gasteiger partial charge in [0, 0.05) is 39.4 Å². The number of nitrogens with one attached hydrogen (secondary N) is 2. The number of rotatable bonds is 10. The first-order chi connectivity index (χ1) is 14.6. The minimum Gasteiger partial charge on any atom is -0.484 e. The molecular formula is C23H37IN4O3. The van der Waals surface area contributed by atoms with Gasteiger partial charge in [0.05, 0.1) is 6.54 Å². The second-order valence-corrected chi connectivity index (χ2v) is 8.21. The highest BCUT2D eigenvalue weighted by Crippen LogP contribution is 2.19. The number of hydrogen-bond donors (Lipinski definition) is 2. The average Bonchev–Trinajstić information content (AvgIpc) is 3.58. The highest BCUT2D eigenvalue weighted by Gasteiger charge is 2.23. The largest absolute Gasteiger partial charge is 0.484 e. The number of ether oxygens (including phenoxy) is 2. The zero-order chi connectivity index (χ0) is 21.2. The molecule has 0 bridgehead atoms. The van der Waals surface area contributed by atoms with E-state index in [2.05, 4.69) is 29.5 Å². The van der Waals surface area contributed by atoms with Crippen molar-refractivity contribution in [2.75, 3.05) is 40.0 Å². The third-order valence-electron chi connectivity index (χ3n) is 5.53.